The van der Waals surface area contributed by atoms with Gasteiger partial charge in [-0.3, -0.25) is 0 Å². The van der Waals surface area contributed by atoms with Gasteiger partial charge in [-0.1, -0.05) is 6.07 Å². The maximum Gasteiger partial charge on any atom is 0.126 e. The lowest BCUT2D eigenvalue weighted by atomic mass is 10.2. The largest absolute Gasteiger partial charge is 0.385 e. The number of anilines is 1. The fourth-order valence-electron chi connectivity index (χ4n) is 1.54. The molecule has 16 heavy (non-hydrogen) atoms. The molecule has 2 rings (SSSR count). The molecule has 84 valence electrons. The van der Waals surface area contributed by atoms with Crippen LogP contribution in [0.3, 0.4) is 0 Å². The van der Waals surface area contributed by atoms with E-state index >= 15 is 0 Å². The molecule has 1 aromatic carbocycles. The Bertz CT molecular complexity index is 451. The Balaban J connectivity index is 1.87. The van der Waals surface area contributed by atoms with Gasteiger partial charge in [0, 0.05) is 17.1 Å². The predicted octanol–water partition coefficient (Wildman–Crippen LogP) is 3.85. The highest BCUT2D eigenvalue weighted by molar-refractivity contribution is 7.09. The average Bonchev–Trinajstić information content (AvgIpc) is 2.76. The molecule has 1 N–H and O–H groups in total. The summed E-state index contributed by atoms with van der Waals surface area (Å²) in [4.78, 5) is 1.37. The Morgan fingerprint density at radius 2 is 2.19 bits per heavy atom. The number of benzene rings is 1. The summed E-state index contributed by atoms with van der Waals surface area (Å²) in [5.41, 5.74) is 1.66. The monoisotopic (exact) mass is 235 g/mol. The molecule has 0 amide bonds. The minimum Gasteiger partial charge on any atom is -0.385 e. The number of thiophene rings is 1. The first-order valence-corrected chi connectivity index (χ1v) is 6.16. The van der Waals surface area contributed by atoms with Crippen molar-refractivity contribution >= 4 is 17.0 Å². The van der Waals surface area contributed by atoms with Crippen LogP contribution in [0.4, 0.5) is 10.1 Å². The van der Waals surface area contributed by atoms with Crippen molar-refractivity contribution in [2.45, 2.75) is 13.3 Å². The highest BCUT2D eigenvalue weighted by atomic mass is 32.1. The Labute approximate surface area is 98.9 Å². The van der Waals surface area contributed by atoms with Gasteiger partial charge in [0.05, 0.1) is 0 Å². The van der Waals surface area contributed by atoms with Crippen LogP contribution in [0.25, 0.3) is 0 Å². The summed E-state index contributed by atoms with van der Waals surface area (Å²) < 4.78 is 13.0. The molecule has 0 fully saturated rings. The first-order valence-electron chi connectivity index (χ1n) is 5.28. The third-order valence-corrected chi connectivity index (χ3v) is 3.37. The normalized spacial score (nSPS) is 10.4. The molecule has 0 unspecified atom stereocenters. The van der Waals surface area contributed by atoms with Crippen LogP contribution in [0.15, 0.2) is 35.7 Å². The van der Waals surface area contributed by atoms with Gasteiger partial charge < -0.3 is 5.32 Å². The predicted molar refractivity (Wildman–Crippen MR) is 67.6 cm³/mol. The summed E-state index contributed by atoms with van der Waals surface area (Å²) >= 11 is 1.76. The first-order chi connectivity index (χ1) is 7.75. The van der Waals surface area contributed by atoms with Crippen LogP contribution in [-0.4, -0.2) is 6.54 Å². The lowest BCUT2D eigenvalue weighted by Crippen LogP contribution is -2.04. The first kappa shape index (κ1) is 11.1. The zero-order valence-electron chi connectivity index (χ0n) is 9.16. The van der Waals surface area contributed by atoms with Gasteiger partial charge in [-0.05, 0) is 48.6 Å². The summed E-state index contributed by atoms with van der Waals surface area (Å²) in [5, 5.41) is 5.37. The SMILES string of the molecule is Cc1cc(NCCc2cccs2)ccc1F. The minimum atomic E-state index is -0.149. The number of rotatable bonds is 4. The third kappa shape index (κ3) is 2.83. The van der Waals surface area contributed by atoms with E-state index < -0.39 is 0 Å². The van der Waals surface area contributed by atoms with Gasteiger partial charge in [-0.25, -0.2) is 4.39 Å². The van der Waals surface area contributed by atoms with E-state index in [-0.39, 0.29) is 5.82 Å². The van der Waals surface area contributed by atoms with Crippen molar-refractivity contribution in [1.29, 1.82) is 0 Å². The van der Waals surface area contributed by atoms with Crippen LogP contribution in [0.2, 0.25) is 0 Å². The fraction of sp³-hybridized carbons (Fsp3) is 0.231. The fourth-order valence-corrected chi connectivity index (χ4v) is 2.25. The zero-order chi connectivity index (χ0) is 11.4. The molecule has 0 saturated carbocycles. The smallest absolute Gasteiger partial charge is 0.126 e. The summed E-state index contributed by atoms with van der Waals surface area (Å²) in [7, 11) is 0. The van der Waals surface area contributed by atoms with Crippen LogP contribution >= 0.6 is 11.3 Å². The second-order valence-corrected chi connectivity index (χ2v) is 4.75. The Kier molecular flexibility index (Phi) is 3.57. The number of aryl methyl sites for hydroxylation is 1. The molecule has 1 nitrogen and oxygen atoms in total. The molecule has 0 aliphatic rings. The molecule has 3 heteroatoms. The van der Waals surface area contributed by atoms with E-state index in [1.807, 2.05) is 6.07 Å². The maximum absolute atomic E-state index is 13.0. The molecule has 0 spiro atoms. The molecule has 2 aromatic rings. The molecule has 0 atom stereocenters. The van der Waals surface area contributed by atoms with Crippen LogP contribution in [0.1, 0.15) is 10.4 Å². The van der Waals surface area contributed by atoms with Crippen LogP contribution in [0, 0.1) is 12.7 Å². The molecule has 1 heterocycles. The van der Waals surface area contributed by atoms with E-state index in [4.69, 9.17) is 0 Å². The lowest BCUT2D eigenvalue weighted by molar-refractivity contribution is 0.618. The topological polar surface area (TPSA) is 12.0 Å². The quantitative estimate of drug-likeness (QED) is 0.848. The Hall–Kier alpha value is -1.35. The van der Waals surface area contributed by atoms with Crippen LogP contribution < -0.4 is 5.32 Å². The van der Waals surface area contributed by atoms with Crippen molar-refractivity contribution in [2.75, 3.05) is 11.9 Å². The highest BCUT2D eigenvalue weighted by Gasteiger charge is 1.98. The number of hydrogen-bond acceptors (Lipinski definition) is 2. The number of nitrogens with one attached hydrogen (secondary N) is 1. The molecule has 0 radical (unpaired) electrons. The van der Waals surface area contributed by atoms with Gasteiger partial charge in [-0.2, -0.15) is 0 Å². The van der Waals surface area contributed by atoms with Crippen molar-refractivity contribution in [1.82, 2.24) is 0 Å². The Morgan fingerprint density at radius 3 is 2.88 bits per heavy atom. The summed E-state index contributed by atoms with van der Waals surface area (Å²) in [6, 6.07) is 9.30. The number of halogens is 1. The van der Waals surface area contributed by atoms with Gasteiger partial charge in [-0.15, -0.1) is 11.3 Å². The van der Waals surface area contributed by atoms with E-state index in [2.05, 4.69) is 22.8 Å². The van der Waals surface area contributed by atoms with E-state index in [9.17, 15) is 4.39 Å². The second kappa shape index (κ2) is 5.12. The molecule has 0 bridgehead atoms. The lowest BCUT2D eigenvalue weighted by Gasteiger charge is -2.06. The van der Waals surface area contributed by atoms with E-state index in [0.717, 1.165) is 18.7 Å². The van der Waals surface area contributed by atoms with Gasteiger partial charge in [0.2, 0.25) is 0 Å². The van der Waals surface area contributed by atoms with E-state index in [1.165, 1.54) is 10.9 Å². The highest BCUT2D eigenvalue weighted by Crippen LogP contribution is 2.14. The van der Waals surface area contributed by atoms with Gasteiger partial charge >= 0.3 is 0 Å². The molecule has 1 aromatic heterocycles. The van der Waals surface area contributed by atoms with Gasteiger partial charge in [0.15, 0.2) is 0 Å². The minimum absolute atomic E-state index is 0.149. The molecule has 0 aliphatic carbocycles. The standard InChI is InChI=1S/C13H14FNS/c1-10-9-11(4-5-13(10)14)15-7-6-12-3-2-8-16-12/h2-5,8-9,15H,6-7H2,1H3. The zero-order valence-corrected chi connectivity index (χ0v) is 9.98. The Morgan fingerprint density at radius 1 is 1.31 bits per heavy atom. The van der Waals surface area contributed by atoms with Crippen LogP contribution in [0.5, 0.6) is 0 Å². The van der Waals surface area contributed by atoms with E-state index in [0.29, 0.717) is 5.56 Å². The van der Waals surface area contributed by atoms with Crippen molar-refractivity contribution in [3.63, 3.8) is 0 Å². The van der Waals surface area contributed by atoms with E-state index in [1.54, 1.807) is 24.3 Å². The molecule has 0 saturated heterocycles. The third-order valence-electron chi connectivity index (χ3n) is 2.44. The van der Waals surface area contributed by atoms with Gasteiger partial charge in [0.25, 0.3) is 0 Å². The summed E-state index contributed by atoms with van der Waals surface area (Å²) in [5.74, 6) is -0.149. The van der Waals surface area contributed by atoms with Crippen LogP contribution in [-0.2, 0) is 6.42 Å². The molecule has 0 aliphatic heterocycles. The van der Waals surface area contributed by atoms with Crippen molar-refractivity contribution < 1.29 is 4.39 Å². The van der Waals surface area contributed by atoms with Crippen molar-refractivity contribution in [2.24, 2.45) is 0 Å². The summed E-state index contributed by atoms with van der Waals surface area (Å²) in [6.45, 7) is 2.66. The van der Waals surface area contributed by atoms with Crippen molar-refractivity contribution in [3.8, 4) is 0 Å². The average molecular weight is 235 g/mol. The summed E-state index contributed by atoms with van der Waals surface area (Å²) in [6.07, 6.45) is 1.01. The maximum atomic E-state index is 13.0. The molecular weight excluding hydrogens is 221 g/mol. The number of hydrogen-bond donors (Lipinski definition) is 1. The second-order valence-electron chi connectivity index (χ2n) is 3.72. The van der Waals surface area contributed by atoms with Crippen molar-refractivity contribution in [3.05, 3.63) is 52.0 Å². The van der Waals surface area contributed by atoms with Gasteiger partial charge in [0.1, 0.15) is 5.82 Å². The molecular formula is C13H14FNS.